The Morgan fingerprint density at radius 3 is 2.52 bits per heavy atom. The third kappa shape index (κ3) is 3.16. The monoisotopic (exact) mass is 281 g/mol. The van der Waals surface area contributed by atoms with Gasteiger partial charge in [0.05, 0.1) is 0 Å². The number of nitrogens with one attached hydrogen (secondary N) is 2. The lowest BCUT2D eigenvalue weighted by atomic mass is 9.90. The quantitative estimate of drug-likeness (QED) is 0.733. The SMILES string of the molecule is Nc1ccc(NC(=O)Nc2cccc3c2CCCC3)cc1. The van der Waals surface area contributed by atoms with Gasteiger partial charge in [-0.25, -0.2) is 4.79 Å². The zero-order valence-electron chi connectivity index (χ0n) is 11.9. The Bertz CT molecular complexity index is 650. The summed E-state index contributed by atoms with van der Waals surface area (Å²) in [6, 6.07) is 13.0. The number of carbonyl (C=O) groups excluding carboxylic acids is 1. The molecule has 0 radical (unpaired) electrons. The van der Waals surface area contributed by atoms with E-state index in [4.69, 9.17) is 5.73 Å². The predicted octanol–water partition coefficient (Wildman–Crippen LogP) is 3.79. The van der Waals surface area contributed by atoms with Crippen LogP contribution in [0.3, 0.4) is 0 Å². The first kappa shape index (κ1) is 13.5. The Kier molecular flexibility index (Phi) is 3.77. The van der Waals surface area contributed by atoms with E-state index in [1.807, 2.05) is 12.1 Å². The first-order valence-corrected chi connectivity index (χ1v) is 7.27. The second kappa shape index (κ2) is 5.87. The van der Waals surface area contributed by atoms with Crippen LogP contribution in [0.25, 0.3) is 0 Å². The maximum atomic E-state index is 12.1. The molecule has 0 bridgehead atoms. The smallest absolute Gasteiger partial charge is 0.323 e. The maximum Gasteiger partial charge on any atom is 0.323 e. The van der Waals surface area contributed by atoms with Gasteiger partial charge in [-0.15, -0.1) is 0 Å². The molecule has 21 heavy (non-hydrogen) atoms. The summed E-state index contributed by atoms with van der Waals surface area (Å²) in [6.07, 6.45) is 4.55. The molecule has 0 heterocycles. The number of fused-ring (bicyclic) bond motifs is 1. The van der Waals surface area contributed by atoms with Crippen LogP contribution in [0, 0.1) is 0 Å². The minimum Gasteiger partial charge on any atom is -0.399 e. The van der Waals surface area contributed by atoms with E-state index >= 15 is 0 Å². The minimum absolute atomic E-state index is 0.223. The van der Waals surface area contributed by atoms with Crippen molar-refractivity contribution in [2.45, 2.75) is 25.7 Å². The van der Waals surface area contributed by atoms with Crippen molar-refractivity contribution in [2.24, 2.45) is 0 Å². The lowest BCUT2D eigenvalue weighted by Gasteiger charge is -2.19. The van der Waals surface area contributed by atoms with Gasteiger partial charge in [0.2, 0.25) is 0 Å². The standard InChI is InChI=1S/C17H19N3O/c18-13-8-10-14(11-9-13)19-17(21)20-16-7-3-5-12-4-1-2-6-15(12)16/h3,5,7-11H,1-2,4,6,18H2,(H2,19,20,21). The number of anilines is 3. The van der Waals surface area contributed by atoms with Gasteiger partial charge in [-0.2, -0.15) is 0 Å². The van der Waals surface area contributed by atoms with Crippen LogP contribution >= 0.6 is 0 Å². The topological polar surface area (TPSA) is 67.1 Å². The van der Waals surface area contributed by atoms with Crippen molar-refractivity contribution in [3.8, 4) is 0 Å². The van der Waals surface area contributed by atoms with E-state index in [-0.39, 0.29) is 6.03 Å². The maximum absolute atomic E-state index is 12.1. The molecular formula is C17H19N3O. The molecule has 2 aromatic carbocycles. The van der Waals surface area contributed by atoms with Crippen molar-refractivity contribution in [1.29, 1.82) is 0 Å². The minimum atomic E-state index is -0.223. The molecule has 4 N–H and O–H groups in total. The molecule has 1 aliphatic rings. The number of amides is 2. The van der Waals surface area contributed by atoms with Crippen LogP contribution in [0.15, 0.2) is 42.5 Å². The van der Waals surface area contributed by atoms with Gasteiger partial charge < -0.3 is 16.4 Å². The number of benzene rings is 2. The lowest BCUT2D eigenvalue weighted by molar-refractivity contribution is 0.262. The molecule has 4 nitrogen and oxygen atoms in total. The van der Waals surface area contributed by atoms with Gasteiger partial charge in [-0.05, 0) is 67.1 Å². The van der Waals surface area contributed by atoms with E-state index < -0.39 is 0 Å². The van der Waals surface area contributed by atoms with Crippen molar-refractivity contribution in [2.75, 3.05) is 16.4 Å². The summed E-state index contributed by atoms with van der Waals surface area (Å²) in [5.41, 5.74) is 10.6. The second-order valence-corrected chi connectivity index (χ2v) is 5.35. The van der Waals surface area contributed by atoms with Gasteiger partial charge in [-0.1, -0.05) is 12.1 Å². The number of aryl methyl sites for hydroxylation is 1. The van der Waals surface area contributed by atoms with E-state index in [2.05, 4.69) is 16.7 Å². The average Bonchev–Trinajstić information content (AvgIpc) is 2.50. The summed E-state index contributed by atoms with van der Waals surface area (Å²) in [6.45, 7) is 0. The van der Waals surface area contributed by atoms with E-state index in [0.717, 1.165) is 24.2 Å². The number of nitrogen functional groups attached to an aromatic ring is 1. The van der Waals surface area contributed by atoms with Crippen molar-refractivity contribution < 1.29 is 4.79 Å². The van der Waals surface area contributed by atoms with Gasteiger partial charge in [0.25, 0.3) is 0 Å². The molecule has 0 spiro atoms. The molecule has 0 atom stereocenters. The largest absolute Gasteiger partial charge is 0.399 e. The molecule has 0 aliphatic heterocycles. The molecule has 0 aromatic heterocycles. The Labute approximate surface area is 124 Å². The fourth-order valence-corrected chi connectivity index (χ4v) is 2.75. The van der Waals surface area contributed by atoms with Crippen molar-refractivity contribution in [1.82, 2.24) is 0 Å². The van der Waals surface area contributed by atoms with Crippen LogP contribution in [0.1, 0.15) is 24.0 Å². The number of rotatable bonds is 2. The van der Waals surface area contributed by atoms with Gasteiger partial charge >= 0.3 is 6.03 Å². The van der Waals surface area contributed by atoms with Crippen LogP contribution < -0.4 is 16.4 Å². The first-order chi connectivity index (χ1) is 10.2. The van der Waals surface area contributed by atoms with Gasteiger partial charge in [0, 0.05) is 17.1 Å². The molecule has 2 aromatic rings. The zero-order chi connectivity index (χ0) is 14.7. The van der Waals surface area contributed by atoms with Crippen LogP contribution in [-0.4, -0.2) is 6.03 Å². The van der Waals surface area contributed by atoms with Crippen LogP contribution in [0.2, 0.25) is 0 Å². The van der Waals surface area contributed by atoms with Gasteiger partial charge in [0.15, 0.2) is 0 Å². The van der Waals surface area contributed by atoms with Gasteiger partial charge in [0.1, 0.15) is 0 Å². The van der Waals surface area contributed by atoms with E-state index in [9.17, 15) is 4.79 Å². The molecule has 4 heteroatoms. The Morgan fingerprint density at radius 2 is 1.71 bits per heavy atom. The number of hydrogen-bond donors (Lipinski definition) is 3. The summed E-state index contributed by atoms with van der Waals surface area (Å²) in [5, 5.41) is 5.77. The van der Waals surface area contributed by atoms with Gasteiger partial charge in [-0.3, -0.25) is 0 Å². The van der Waals surface area contributed by atoms with Crippen LogP contribution in [-0.2, 0) is 12.8 Å². The number of urea groups is 1. The molecule has 2 amide bonds. The van der Waals surface area contributed by atoms with E-state index in [1.54, 1.807) is 24.3 Å². The number of hydrogen-bond acceptors (Lipinski definition) is 2. The molecule has 108 valence electrons. The highest BCUT2D eigenvalue weighted by Gasteiger charge is 2.14. The lowest BCUT2D eigenvalue weighted by Crippen LogP contribution is -2.21. The normalized spacial score (nSPS) is 13.3. The Balaban J connectivity index is 1.71. The molecule has 0 saturated heterocycles. The highest BCUT2D eigenvalue weighted by Crippen LogP contribution is 2.27. The average molecular weight is 281 g/mol. The molecular weight excluding hydrogens is 262 g/mol. The van der Waals surface area contributed by atoms with Crippen LogP contribution in [0.5, 0.6) is 0 Å². The summed E-state index contributed by atoms with van der Waals surface area (Å²) in [5.74, 6) is 0. The fourth-order valence-electron chi connectivity index (χ4n) is 2.75. The first-order valence-electron chi connectivity index (χ1n) is 7.27. The fraction of sp³-hybridized carbons (Fsp3) is 0.235. The molecule has 0 saturated carbocycles. The second-order valence-electron chi connectivity index (χ2n) is 5.35. The highest BCUT2D eigenvalue weighted by molar-refractivity contribution is 6.00. The third-order valence-corrected chi connectivity index (χ3v) is 3.81. The zero-order valence-corrected chi connectivity index (χ0v) is 11.9. The summed E-state index contributed by atoms with van der Waals surface area (Å²) in [4.78, 5) is 12.1. The van der Waals surface area contributed by atoms with Crippen molar-refractivity contribution >= 4 is 23.1 Å². The Hall–Kier alpha value is -2.49. The highest BCUT2D eigenvalue weighted by atomic mass is 16.2. The van der Waals surface area contributed by atoms with Crippen molar-refractivity contribution in [3.05, 3.63) is 53.6 Å². The van der Waals surface area contributed by atoms with E-state index in [0.29, 0.717) is 5.69 Å². The summed E-state index contributed by atoms with van der Waals surface area (Å²) >= 11 is 0. The number of nitrogens with two attached hydrogens (primary N) is 1. The number of carbonyl (C=O) groups is 1. The molecule has 0 unspecified atom stereocenters. The summed E-state index contributed by atoms with van der Waals surface area (Å²) < 4.78 is 0. The van der Waals surface area contributed by atoms with Crippen LogP contribution in [0.4, 0.5) is 21.9 Å². The molecule has 3 rings (SSSR count). The van der Waals surface area contributed by atoms with Crippen molar-refractivity contribution in [3.63, 3.8) is 0 Å². The molecule has 0 fully saturated rings. The third-order valence-electron chi connectivity index (χ3n) is 3.81. The molecule has 1 aliphatic carbocycles. The summed E-state index contributed by atoms with van der Waals surface area (Å²) in [7, 11) is 0. The predicted molar refractivity (Wildman–Crippen MR) is 86.6 cm³/mol. The van der Waals surface area contributed by atoms with E-state index in [1.165, 1.54) is 24.0 Å². The Morgan fingerprint density at radius 1 is 0.952 bits per heavy atom.